The zero-order valence-corrected chi connectivity index (χ0v) is 24.3. The van der Waals surface area contributed by atoms with Crippen molar-refractivity contribution in [3.63, 3.8) is 0 Å². The lowest BCUT2D eigenvalue weighted by Gasteiger charge is -2.39. The summed E-state index contributed by atoms with van der Waals surface area (Å²) in [4.78, 5) is 13.3. The van der Waals surface area contributed by atoms with Gasteiger partial charge in [-0.1, -0.05) is 69.1 Å². The van der Waals surface area contributed by atoms with Crippen LogP contribution in [0, 0.1) is 5.41 Å². The summed E-state index contributed by atoms with van der Waals surface area (Å²) in [7, 11) is -1.77. The second kappa shape index (κ2) is 10.1. The van der Waals surface area contributed by atoms with Gasteiger partial charge in [0.1, 0.15) is 5.60 Å². The number of rotatable bonds is 9. The van der Waals surface area contributed by atoms with Crippen LogP contribution in [0.2, 0.25) is 18.1 Å². The van der Waals surface area contributed by atoms with Gasteiger partial charge in [-0.25, -0.2) is 0 Å². The van der Waals surface area contributed by atoms with E-state index in [0.717, 1.165) is 35.9 Å². The Morgan fingerprint density at radius 3 is 2.03 bits per heavy atom. The highest BCUT2D eigenvalue weighted by Gasteiger charge is 2.40. The van der Waals surface area contributed by atoms with Gasteiger partial charge in [0.25, 0.3) is 0 Å². The summed E-state index contributed by atoms with van der Waals surface area (Å²) in [6.45, 7) is 24.5. The van der Waals surface area contributed by atoms with E-state index in [1.54, 1.807) is 0 Å². The molecule has 0 N–H and O–H groups in total. The second-order valence-corrected chi connectivity index (χ2v) is 18.1. The van der Waals surface area contributed by atoms with Gasteiger partial charge in [0.15, 0.2) is 8.32 Å². The Hall–Kier alpha value is -0.653. The Labute approximate surface area is 200 Å². The van der Waals surface area contributed by atoms with E-state index in [1.165, 1.54) is 0 Å². The summed E-state index contributed by atoms with van der Waals surface area (Å²) >= 11 is 3.56. The molecule has 0 heterocycles. The molecule has 0 fully saturated rings. The number of ether oxygens (including phenoxy) is 1. The Morgan fingerprint density at radius 2 is 1.55 bits per heavy atom. The van der Waals surface area contributed by atoms with Crippen molar-refractivity contribution in [2.24, 2.45) is 5.41 Å². The fourth-order valence-corrected chi connectivity index (χ4v) is 4.76. The first-order valence-corrected chi connectivity index (χ1v) is 15.1. The minimum absolute atomic E-state index is 0.0572. The minimum atomic E-state index is -1.77. The smallest absolute Gasteiger partial charge is 0.316 e. The molecule has 0 aromatic heterocycles. The molecule has 0 bridgehead atoms. The molecule has 0 radical (unpaired) electrons. The van der Waals surface area contributed by atoms with Crippen LogP contribution in [0.15, 0.2) is 28.7 Å². The lowest BCUT2D eigenvalue weighted by molar-refractivity contribution is -0.162. The van der Waals surface area contributed by atoms with Crippen molar-refractivity contribution in [2.45, 2.75) is 111 Å². The van der Waals surface area contributed by atoms with E-state index in [-0.39, 0.29) is 16.4 Å². The van der Waals surface area contributed by atoms with Gasteiger partial charge >= 0.3 is 5.97 Å². The van der Waals surface area contributed by atoms with Gasteiger partial charge < -0.3 is 9.16 Å². The molecule has 0 spiro atoms. The molecule has 1 aromatic rings. The van der Waals surface area contributed by atoms with E-state index in [4.69, 9.17) is 9.16 Å². The third-order valence-electron chi connectivity index (χ3n) is 6.47. The van der Waals surface area contributed by atoms with Crippen LogP contribution < -0.4 is 0 Å². The first-order chi connectivity index (χ1) is 13.8. The van der Waals surface area contributed by atoms with E-state index in [1.807, 2.05) is 52.0 Å². The minimum Gasteiger partial charge on any atom is -0.459 e. The molecule has 0 aliphatic rings. The highest BCUT2D eigenvalue weighted by molar-refractivity contribution is 9.10. The first kappa shape index (κ1) is 28.4. The van der Waals surface area contributed by atoms with Crippen LogP contribution in [-0.4, -0.2) is 26.5 Å². The molecule has 1 rings (SSSR count). The van der Waals surface area contributed by atoms with Crippen molar-refractivity contribution in [2.75, 3.05) is 6.61 Å². The molecular weight excluding hydrogens is 468 g/mol. The molecule has 0 aliphatic heterocycles. The van der Waals surface area contributed by atoms with Gasteiger partial charge in [0.05, 0.1) is 5.41 Å². The zero-order valence-electron chi connectivity index (χ0n) is 21.7. The number of carbonyl (C=O) groups excluding carboxylic acids is 1. The van der Waals surface area contributed by atoms with Crippen LogP contribution in [0.5, 0.6) is 0 Å². The predicted octanol–water partition coefficient (Wildman–Crippen LogP) is 8.27. The van der Waals surface area contributed by atoms with E-state index in [9.17, 15) is 4.79 Å². The van der Waals surface area contributed by atoms with Gasteiger partial charge in [-0.05, 0) is 81.8 Å². The van der Waals surface area contributed by atoms with E-state index >= 15 is 0 Å². The number of hydrogen-bond acceptors (Lipinski definition) is 3. The average molecular weight is 514 g/mol. The van der Waals surface area contributed by atoms with Crippen LogP contribution in [0.25, 0.3) is 0 Å². The third kappa shape index (κ3) is 8.66. The topological polar surface area (TPSA) is 35.5 Å². The van der Waals surface area contributed by atoms with Gasteiger partial charge in [0.2, 0.25) is 0 Å². The number of esters is 1. The fourth-order valence-electron chi connectivity index (χ4n) is 3.17. The molecule has 0 saturated carbocycles. The van der Waals surface area contributed by atoms with Crippen molar-refractivity contribution >= 4 is 30.2 Å². The standard InChI is InChI=1S/C26H45BrO3Si/c1-23(2,3)30-22(28)26(9,20-14-12-15-21(27)18-20)17-13-16-25(7,8)19-29-31(10,11)24(4,5)6/h12,14-15,18H,13,16-17,19H2,1-11H3. The predicted molar refractivity (Wildman–Crippen MR) is 138 cm³/mol. The summed E-state index contributed by atoms with van der Waals surface area (Å²) in [6, 6.07) is 8.04. The van der Waals surface area contributed by atoms with Crippen molar-refractivity contribution in [3.05, 3.63) is 34.3 Å². The first-order valence-electron chi connectivity index (χ1n) is 11.4. The number of hydrogen-bond donors (Lipinski definition) is 0. The highest BCUT2D eigenvalue weighted by atomic mass is 79.9. The van der Waals surface area contributed by atoms with Crippen molar-refractivity contribution in [1.29, 1.82) is 0 Å². The molecule has 5 heteroatoms. The zero-order chi connectivity index (χ0) is 24.3. The molecule has 0 saturated heterocycles. The summed E-state index contributed by atoms with van der Waals surface area (Å²) in [5.74, 6) is -0.159. The molecule has 178 valence electrons. The second-order valence-electron chi connectivity index (χ2n) is 12.4. The van der Waals surface area contributed by atoms with Crippen LogP contribution in [0.3, 0.4) is 0 Å². The number of benzene rings is 1. The van der Waals surface area contributed by atoms with E-state index < -0.39 is 19.3 Å². The third-order valence-corrected chi connectivity index (χ3v) is 11.4. The summed E-state index contributed by atoms with van der Waals surface area (Å²) in [5, 5.41) is 0.207. The lowest BCUT2D eigenvalue weighted by Crippen LogP contribution is -2.43. The maximum absolute atomic E-state index is 13.3. The van der Waals surface area contributed by atoms with Crippen LogP contribution in [0.4, 0.5) is 0 Å². The van der Waals surface area contributed by atoms with Crippen molar-refractivity contribution < 1.29 is 14.0 Å². The average Bonchev–Trinajstić information content (AvgIpc) is 2.57. The lowest BCUT2D eigenvalue weighted by atomic mass is 9.76. The van der Waals surface area contributed by atoms with Crippen LogP contribution >= 0.6 is 15.9 Å². The monoisotopic (exact) mass is 512 g/mol. The van der Waals surface area contributed by atoms with E-state index in [0.29, 0.717) is 0 Å². The van der Waals surface area contributed by atoms with Crippen LogP contribution in [0.1, 0.15) is 87.1 Å². The molecule has 1 atom stereocenters. The highest BCUT2D eigenvalue weighted by Crippen LogP contribution is 2.39. The van der Waals surface area contributed by atoms with Crippen LogP contribution in [-0.2, 0) is 19.4 Å². The SMILES string of the molecule is CC(C)(CCCC(C)(C(=O)OC(C)(C)C)c1cccc(Br)c1)CO[Si](C)(C)C(C)(C)C. The Balaban J connectivity index is 2.93. The molecular formula is C26H45BrO3Si. The summed E-state index contributed by atoms with van der Waals surface area (Å²) in [5.41, 5.74) is -0.151. The Morgan fingerprint density at radius 1 is 0.968 bits per heavy atom. The van der Waals surface area contributed by atoms with Gasteiger partial charge in [-0.15, -0.1) is 0 Å². The largest absolute Gasteiger partial charge is 0.459 e. The Bertz CT molecular complexity index is 744. The Kier molecular flexibility index (Phi) is 9.24. The molecule has 0 aliphatic carbocycles. The normalized spacial score (nSPS) is 15.5. The number of carbonyl (C=O) groups is 1. The maximum atomic E-state index is 13.3. The maximum Gasteiger partial charge on any atom is 0.316 e. The molecule has 1 unspecified atom stereocenters. The molecule has 0 amide bonds. The summed E-state index contributed by atoms with van der Waals surface area (Å²) < 4.78 is 13.3. The fraction of sp³-hybridized carbons (Fsp3) is 0.731. The van der Waals surface area contributed by atoms with Gasteiger partial charge in [-0.2, -0.15) is 0 Å². The van der Waals surface area contributed by atoms with E-state index in [2.05, 4.69) is 63.6 Å². The molecule has 31 heavy (non-hydrogen) atoms. The van der Waals surface area contributed by atoms with Crippen molar-refractivity contribution in [3.8, 4) is 0 Å². The molecule has 1 aromatic carbocycles. The van der Waals surface area contributed by atoms with Crippen molar-refractivity contribution in [1.82, 2.24) is 0 Å². The number of halogens is 1. The van der Waals surface area contributed by atoms with Gasteiger partial charge in [0, 0.05) is 11.1 Å². The molecule has 3 nitrogen and oxygen atoms in total. The quantitative estimate of drug-likeness (QED) is 0.246. The summed E-state index contributed by atoms with van der Waals surface area (Å²) in [6.07, 6.45) is 2.66. The van der Waals surface area contributed by atoms with Gasteiger partial charge in [-0.3, -0.25) is 4.79 Å².